The maximum atomic E-state index is 13.5. The highest BCUT2D eigenvalue weighted by Crippen LogP contribution is 2.37. The Kier molecular flexibility index (Phi) is 3.30. The lowest BCUT2D eigenvalue weighted by Crippen LogP contribution is -2.30. The lowest BCUT2D eigenvalue weighted by atomic mass is 9.76. The molecular weight excluding hydrogens is 165 g/mol. The summed E-state index contributed by atoms with van der Waals surface area (Å²) in [7, 11) is 0. The van der Waals surface area contributed by atoms with E-state index in [9.17, 15) is 4.39 Å². The second-order valence-electron chi connectivity index (χ2n) is 4.62. The Balaban J connectivity index is 2.36. The van der Waals surface area contributed by atoms with Crippen LogP contribution in [-0.4, -0.2) is 12.2 Å². The monoisotopic (exact) mass is 183 g/mol. The summed E-state index contributed by atoms with van der Waals surface area (Å²) in [5.74, 6) is 0.755. The minimum Gasteiger partial charge on any atom is -0.317 e. The first-order valence-corrected chi connectivity index (χ1v) is 5.06. The van der Waals surface area contributed by atoms with Crippen molar-refractivity contribution in [2.24, 2.45) is 11.8 Å². The Bertz CT molecular complexity index is 191. The molecule has 1 nitrogen and oxygen atoms in total. The first-order valence-electron chi connectivity index (χ1n) is 5.06. The van der Waals surface area contributed by atoms with Crippen molar-refractivity contribution >= 4 is 0 Å². The van der Waals surface area contributed by atoms with Gasteiger partial charge >= 0.3 is 0 Å². The molecule has 0 radical (unpaired) electrons. The lowest BCUT2D eigenvalue weighted by molar-refractivity contribution is 0.0824. The van der Waals surface area contributed by atoms with Gasteiger partial charge in [-0.05, 0) is 45.4 Å². The van der Waals surface area contributed by atoms with Crippen molar-refractivity contribution in [2.45, 2.75) is 45.2 Å². The molecule has 1 saturated carbocycles. The fraction of sp³-hybridized carbons (Fsp3) is 0.909. The quantitative estimate of drug-likeness (QED) is 0.577. The van der Waals surface area contributed by atoms with Crippen LogP contribution in [0.2, 0.25) is 0 Å². The van der Waals surface area contributed by atoms with Crippen LogP contribution >= 0.6 is 0 Å². The van der Waals surface area contributed by atoms with Crippen LogP contribution in [0.5, 0.6) is 0 Å². The summed E-state index contributed by atoms with van der Waals surface area (Å²) < 4.78 is 13.5. The second kappa shape index (κ2) is 4.09. The number of rotatable bonds is 2. The van der Waals surface area contributed by atoms with Gasteiger partial charge in [-0.2, -0.15) is 0 Å². The number of nitrogens with zero attached hydrogens (tertiary/aromatic N) is 1. The molecule has 0 aromatic heterocycles. The van der Waals surface area contributed by atoms with Crippen molar-refractivity contribution in [2.75, 3.05) is 6.54 Å². The van der Waals surface area contributed by atoms with Crippen molar-refractivity contribution in [3.63, 3.8) is 0 Å². The van der Waals surface area contributed by atoms with Gasteiger partial charge in [0.05, 0.1) is 0 Å². The number of hydrogen-bond acceptors (Lipinski definition) is 0. The van der Waals surface area contributed by atoms with Crippen molar-refractivity contribution in [3.8, 4) is 0 Å². The van der Waals surface area contributed by atoms with E-state index in [4.69, 9.17) is 6.57 Å². The Morgan fingerprint density at radius 1 is 1.31 bits per heavy atom. The van der Waals surface area contributed by atoms with Crippen LogP contribution in [0.3, 0.4) is 0 Å². The highest BCUT2D eigenvalue weighted by Gasteiger charge is 2.33. The Morgan fingerprint density at radius 3 is 2.23 bits per heavy atom. The fourth-order valence-corrected chi connectivity index (χ4v) is 2.16. The van der Waals surface area contributed by atoms with Crippen molar-refractivity contribution in [1.82, 2.24) is 0 Å². The van der Waals surface area contributed by atoms with Crippen LogP contribution in [0, 0.1) is 18.4 Å². The van der Waals surface area contributed by atoms with Crippen LogP contribution in [0.1, 0.15) is 39.5 Å². The molecular formula is C11H18FN. The van der Waals surface area contributed by atoms with Crippen LogP contribution in [0.15, 0.2) is 0 Å². The summed E-state index contributed by atoms with van der Waals surface area (Å²) >= 11 is 0. The lowest BCUT2D eigenvalue weighted by Gasteiger charge is -2.32. The molecule has 1 rings (SSSR count). The Morgan fingerprint density at radius 2 is 1.85 bits per heavy atom. The fourth-order valence-electron chi connectivity index (χ4n) is 2.16. The van der Waals surface area contributed by atoms with Crippen molar-refractivity contribution in [3.05, 3.63) is 11.4 Å². The molecule has 0 saturated heterocycles. The summed E-state index contributed by atoms with van der Waals surface area (Å²) in [6, 6.07) is 0. The van der Waals surface area contributed by atoms with Crippen LogP contribution in [-0.2, 0) is 0 Å². The van der Waals surface area contributed by atoms with Gasteiger partial charge in [0.1, 0.15) is 5.67 Å². The summed E-state index contributed by atoms with van der Waals surface area (Å²) in [5.41, 5.74) is -1.02. The third-order valence-corrected chi connectivity index (χ3v) is 3.17. The van der Waals surface area contributed by atoms with E-state index in [0.717, 1.165) is 25.7 Å². The molecule has 13 heavy (non-hydrogen) atoms. The maximum Gasteiger partial charge on any atom is 0.217 e. The van der Waals surface area contributed by atoms with Crippen LogP contribution in [0.25, 0.3) is 4.85 Å². The highest BCUT2D eigenvalue weighted by molar-refractivity contribution is 4.85. The van der Waals surface area contributed by atoms with E-state index in [0.29, 0.717) is 12.5 Å². The van der Waals surface area contributed by atoms with E-state index in [1.807, 2.05) is 0 Å². The van der Waals surface area contributed by atoms with Crippen molar-refractivity contribution in [1.29, 1.82) is 0 Å². The van der Waals surface area contributed by atoms with E-state index < -0.39 is 5.67 Å². The van der Waals surface area contributed by atoms with E-state index in [1.54, 1.807) is 13.8 Å². The Labute approximate surface area is 80.2 Å². The largest absolute Gasteiger partial charge is 0.317 e. The summed E-state index contributed by atoms with van der Waals surface area (Å²) in [6.07, 6.45) is 4.01. The maximum absolute atomic E-state index is 13.5. The molecule has 1 aliphatic rings. The predicted octanol–water partition coefficient (Wildman–Crippen LogP) is 3.46. The second-order valence-corrected chi connectivity index (χ2v) is 4.62. The van der Waals surface area contributed by atoms with E-state index in [-0.39, 0.29) is 5.92 Å². The molecule has 0 bridgehead atoms. The normalized spacial score (nSPS) is 29.7. The van der Waals surface area contributed by atoms with Crippen LogP contribution in [0.4, 0.5) is 4.39 Å². The zero-order valence-corrected chi connectivity index (χ0v) is 8.52. The highest BCUT2D eigenvalue weighted by atomic mass is 19.1. The molecule has 0 aromatic rings. The van der Waals surface area contributed by atoms with Gasteiger partial charge in [0, 0.05) is 5.92 Å². The molecule has 1 aliphatic carbocycles. The summed E-state index contributed by atoms with van der Waals surface area (Å²) in [5, 5.41) is 0. The standard InChI is InChI=1S/C11H18FN/c1-11(2,12)10-6-4-9(5-7-10)8-13-3/h9-10H,4-8H2,1-2H3. The van der Waals surface area contributed by atoms with E-state index >= 15 is 0 Å². The third kappa shape index (κ3) is 2.99. The Hall–Kier alpha value is -0.580. The van der Waals surface area contributed by atoms with Gasteiger partial charge in [0.15, 0.2) is 0 Å². The molecule has 0 spiro atoms. The topological polar surface area (TPSA) is 4.36 Å². The number of halogens is 1. The molecule has 0 unspecified atom stereocenters. The average Bonchev–Trinajstić information content (AvgIpc) is 2.04. The van der Waals surface area contributed by atoms with Gasteiger partial charge in [0.2, 0.25) is 6.54 Å². The van der Waals surface area contributed by atoms with Gasteiger partial charge in [-0.25, -0.2) is 11.0 Å². The third-order valence-electron chi connectivity index (χ3n) is 3.17. The molecule has 2 heteroatoms. The molecule has 0 aromatic carbocycles. The zero-order chi connectivity index (χ0) is 9.90. The molecule has 74 valence electrons. The minimum atomic E-state index is -1.02. The molecule has 0 N–H and O–H groups in total. The first-order chi connectivity index (χ1) is 6.04. The smallest absolute Gasteiger partial charge is 0.217 e. The first kappa shape index (κ1) is 10.5. The summed E-state index contributed by atoms with van der Waals surface area (Å²) in [6.45, 7) is 10.7. The minimum absolute atomic E-state index is 0.217. The average molecular weight is 183 g/mol. The van der Waals surface area contributed by atoms with Gasteiger partial charge in [-0.1, -0.05) is 0 Å². The zero-order valence-electron chi connectivity index (χ0n) is 8.52. The molecule has 0 heterocycles. The predicted molar refractivity (Wildman–Crippen MR) is 52.1 cm³/mol. The van der Waals surface area contributed by atoms with Gasteiger partial charge in [-0.3, -0.25) is 0 Å². The van der Waals surface area contributed by atoms with E-state index in [2.05, 4.69) is 4.85 Å². The van der Waals surface area contributed by atoms with Gasteiger partial charge in [-0.15, -0.1) is 0 Å². The summed E-state index contributed by atoms with van der Waals surface area (Å²) in [4.78, 5) is 3.40. The van der Waals surface area contributed by atoms with Crippen molar-refractivity contribution < 1.29 is 4.39 Å². The SMILES string of the molecule is [C-]#[N+]CC1CCC(C(C)(C)F)CC1. The number of hydrogen-bond donors (Lipinski definition) is 0. The number of alkyl halides is 1. The van der Waals surface area contributed by atoms with Gasteiger partial charge in [0.25, 0.3) is 0 Å². The van der Waals surface area contributed by atoms with Crippen LogP contribution < -0.4 is 0 Å². The van der Waals surface area contributed by atoms with Gasteiger partial charge < -0.3 is 4.85 Å². The van der Waals surface area contributed by atoms with E-state index in [1.165, 1.54) is 0 Å². The molecule has 0 amide bonds. The molecule has 1 fully saturated rings. The molecule has 0 aliphatic heterocycles. The molecule has 0 atom stereocenters.